The smallest absolute Gasteiger partial charge is 0.192 e. The van der Waals surface area contributed by atoms with Crippen LogP contribution in [0.25, 0.3) is 21.4 Å². The van der Waals surface area contributed by atoms with E-state index in [-0.39, 0.29) is 0 Å². The Balaban J connectivity index is 1.55. The van der Waals surface area contributed by atoms with Gasteiger partial charge in [-0.2, -0.15) is 5.10 Å². The van der Waals surface area contributed by atoms with Crippen molar-refractivity contribution in [3.05, 3.63) is 88.5 Å². The molecule has 4 aromatic heterocycles. The maximum absolute atomic E-state index is 7.23. The first-order valence-electron chi connectivity index (χ1n) is 9.22. The van der Waals surface area contributed by atoms with Crippen LogP contribution in [0.3, 0.4) is 0 Å². The van der Waals surface area contributed by atoms with Gasteiger partial charge in [0.25, 0.3) is 0 Å². The summed E-state index contributed by atoms with van der Waals surface area (Å²) in [7, 11) is 0. The highest BCUT2D eigenvalue weighted by Gasteiger charge is 2.15. The maximum atomic E-state index is 7.23. The molecule has 7 nitrogen and oxygen atoms in total. The van der Waals surface area contributed by atoms with Crippen LogP contribution in [-0.4, -0.2) is 24.6 Å². The predicted molar refractivity (Wildman–Crippen MR) is 114 cm³/mol. The summed E-state index contributed by atoms with van der Waals surface area (Å²) in [6.45, 7) is 9.20. The molecule has 0 saturated heterocycles. The van der Waals surface area contributed by atoms with E-state index in [4.69, 9.17) is 22.9 Å². The number of H-pyrrole nitrogens is 1. The average molecular weight is 415 g/mol. The number of nitrogens with one attached hydrogen (secondary N) is 1. The number of aromatic amines is 1. The third-order valence-electron chi connectivity index (χ3n) is 4.88. The Morgan fingerprint density at radius 3 is 3.00 bits per heavy atom. The molecule has 0 fully saturated rings. The topological polar surface area (TPSA) is 72.5 Å². The predicted octanol–water partition coefficient (Wildman–Crippen LogP) is 5.50. The lowest BCUT2D eigenvalue weighted by molar-refractivity contribution is 0.482. The Labute approximate surface area is 176 Å². The number of ether oxygens (including phenoxy) is 1. The molecule has 146 valence electrons. The van der Waals surface area contributed by atoms with Crippen molar-refractivity contribution < 1.29 is 4.74 Å². The number of aryl methyl sites for hydroxylation is 1. The first kappa shape index (κ1) is 18.2. The molecule has 8 heteroatoms. The van der Waals surface area contributed by atoms with Gasteiger partial charge < -0.3 is 9.14 Å². The molecule has 0 spiro atoms. The molecule has 0 amide bonds. The van der Waals surface area contributed by atoms with Gasteiger partial charge in [0, 0.05) is 22.8 Å². The summed E-state index contributed by atoms with van der Waals surface area (Å²) in [4.78, 5) is 12.3. The molecule has 1 aromatic carbocycles. The molecule has 0 aliphatic heterocycles. The highest BCUT2D eigenvalue weighted by molar-refractivity contribution is 6.31. The average Bonchev–Trinajstić information content (AvgIpc) is 3.34. The number of aromatic nitrogens is 5. The van der Waals surface area contributed by atoms with Crippen LogP contribution in [0.2, 0.25) is 5.02 Å². The van der Waals surface area contributed by atoms with Crippen LogP contribution in [0.1, 0.15) is 17.1 Å². The summed E-state index contributed by atoms with van der Waals surface area (Å²) in [6.07, 6.45) is 6.03. The Morgan fingerprint density at radius 2 is 2.13 bits per heavy atom. The first-order valence-corrected chi connectivity index (χ1v) is 9.59. The zero-order valence-corrected chi connectivity index (χ0v) is 16.7. The standard InChI is InChI=1S/C22H15ClN6O/c1-13-5-7-29-19(21(13)30-16-9-14(23)8-15(10-16)24-2)12-26-20(29)11-18-17-4-3-6-25-22(17)28-27-18/h3-10,12H,11H2,1H3,(H,25,27,28). The Hall–Kier alpha value is -3.89. The van der Waals surface area contributed by atoms with E-state index in [0.717, 1.165) is 33.6 Å². The molecule has 0 saturated carbocycles. The summed E-state index contributed by atoms with van der Waals surface area (Å²) >= 11 is 6.13. The summed E-state index contributed by atoms with van der Waals surface area (Å²) in [6, 6.07) is 10.8. The number of benzene rings is 1. The highest BCUT2D eigenvalue weighted by Crippen LogP contribution is 2.34. The SMILES string of the molecule is [C-]#[N+]c1cc(Cl)cc(Oc2c(C)ccn3c(Cc4n[nH]c5ncccc45)ncc23)c1. The fourth-order valence-corrected chi connectivity index (χ4v) is 3.66. The summed E-state index contributed by atoms with van der Waals surface area (Å²) in [5, 5.41) is 8.79. The van der Waals surface area contributed by atoms with Crippen LogP contribution in [0.5, 0.6) is 11.5 Å². The van der Waals surface area contributed by atoms with Crippen molar-refractivity contribution in [2.24, 2.45) is 0 Å². The molecule has 0 radical (unpaired) electrons. The van der Waals surface area contributed by atoms with Gasteiger partial charge in [0.15, 0.2) is 17.1 Å². The number of pyridine rings is 2. The number of rotatable bonds is 4. The molecule has 4 heterocycles. The minimum atomic E-state index is 0.426. The van der Waals surface area contributed by atoms with Gasteiger partial charge in [-0.3, -0.25) is 5.10 Å². The normalized spacial score (nSPS) is 11.1. The number of halogens is 1. The molecule has 30 heavy (non-hydrogen) atoms. The first-order chi connectivity index (χ1) is 14.6. The van der Waals surface area contributed by atoms with Gasteiger partial charge in [0.2, 0.25) is 0 Å². The van der Waals surface area contributed by atoms with Crippen LogP contribution in [0.4, 0.5) is 5.69 Å². The highest BCUT2D eigenvalue weighted by atomic mass is 35.5. The molecule has 0 unspecified atom stereocenters. The molecule has 0 aliphatic carbocycles. The number of hydrogen-bond acceptors (Lipinski definition) is 4. The lowest BCUT2D eigenvalue weighted by Crippen LogP contribution is -1.99. The number of nitrogens with zero attached hydrogens (tertiary/aromatic N) is 5. The van der Waals surface area contributed by atoms with E-state index in [1.807, 2.05) is 35.7 Å². The zero-order valence-electron chi connectivity index (χ0n) is 15.9. The number of hydrogen-bond donors (Lipinski definition) is 1. The van der Waals surface area contributed by atoms with E-state index in [2.05, 4.69) is 25.0 Å². The second-order valence-corrected chi connectivity index (χ2v) is 7.30. The van der Waals surface area contributed by atoms with Gasteiger partial charge in [0.05, 0.1) is 24.9 Å². The third-order valence-corrected chi connectivity index (χ3v) is 5.10. The molecule has 5 rings (SSSR count). The van der Waals surface area contributed by atoms with Crippen LogP contribution >= 0.6 is 11.6 Å². The quantitative estimate of drug-likeness (QED) is 0.394. The fraction of sp³-hybridized carbons (Fsp3) is 0.0909. The van der Waals surface area contributed by atoms with Gasteiger partial charge in [0.1, 0.15) is 17.1 Å². The summed E-state index contributed by atoms with van der Waals surface area (Å²) < 4.78 is 8.13. The van der Waals surface area contributed by atoms with E-state index in [0.29, 0.717) is 28.6 Å². The van der Waals surface area contributed by atoms with Crippen molar-refractivity contribution >= 4 is 33.8 Å². The molecule has 0 aliphatic rings. The van der Waals surface area contributed by atoms with Crippen molar-refractivity contribution in [2.75, 3.05) is 0 Å². The molecule has 0 atom stereocenters. The van der Waals surface area contributed by atoms with Crippen LogP contribution < -0.4 is 4.74 Å². The van der Waals surface area contributed by atoms with Gasteiger partial charge in [-0.1, -0.05) is 11.6 Å². The van der Waals surface area contributed by atoms with Crippen molar-refractivity contribution in [3.8, 4) is 11.5 Å². The Morgan fingerprint density at radius 1 is 1.23 bits per heavy atom. The third kappa shape index (κ3) is 3.13. The molecule has 1 N–H and O–H groups in total. The van der Waals surface area contributed by atoms with Crippen LogP contribution in [0.15, 0.2) is 55.0 Å². The van der Waals surface area contributed by atoms with Gasteiger partial charge >= 0.3 is 0 Å². The van der Waals surface area contributed by atoms with E-state index in [9.17, 15) is 0 Å². The lowest BCUT2D eigenvalue weighted by atomic mass is 10.2. The zero-order chi connectivity index (χ0) is 20.7. The van der Waals surface area contributed by atoms with E-state index in [1.165, 1.54) is 0 Å². The maximum Gasteiger partial charge on any atom is 0.192 e. The molecular weight excluding hydrogens is 400 g/mol. The largest absolute Gasteiger partial charge is 0.456 e. The van der Waals surface area contributed by atoms with Gasteiger partial charge in [-0.05, 0) is 48.9 Å². The summed E-state index contributed by atoms with van der Waals surface area (Å²) in [5.74, 6) is 2.01. The molecule has 0 bridgehead atoms. The van der Waals surface area contributed by atoms with Crippen molar-refractivity contribution in [1.29, 1.82) is 0 Å². The molecular formula is C22H15ClN6O. The lowest BCUT2D eigenvalue weighted by Gasteiger charge is -2.12. The molecule has 5 aromatic rings. The minimum absolute atomic E-state index is 0.426. The number of fused-ring (bicyclic) bond motifs is 2. The number of imidazole rings is 1. The second-order valence-electron chi connectivity index (χ2n) is 6.86. The minimum Gasteiger partial charge on any atom is -0.456 e. The van der Waals surface area contributed by atoms with Gasteiger partial charge in [-0.25, -0.2) is 14.8 Å². The van der Waals surface area contributed by atoms with Gasteiger partial charge in [-0.15, -0.1) is 0 Å². The Bertz CT molecular complexity index is 1450. The van der Waals surface area contributed by atoms with Crippen LogP contribution in [-0.2, 0) is 6.42 Å². The van der Waals surface area contributed by atoms with E-state index < -0.39 is 0 Å². The van der Waals surface area contributed by atoms with Crippen LogP contribution in [0, 0.1) is 13.5 Å². The monoisotopic (exact) mass is 414 g/mol. The summed E-state index contributed by atoms with van der Waals surface area (Å²) in [5.41, 5.74) is 3.84. The fourth-order valence-electron chi connectivity index (χ4n) is 3.44. The second kappa shape index (κ2) is 7.17. The van der Waals surface area contributed by atoms with Crippen molar-refractivity contribution in [3.63, 3.8) is 0 Å². The van der Waals surface area contributed by atoms with Crippen molar-refractivity contribution in [1.82, 2.24) is 24.6 Å². The van der Waals surface area contributed by atoms with Crippen molar-refractivity contribution in [2.45, 2.75) is 13.3 Å². The van der Waals surface area contributed by atoms with E-state index >= 15 is 0 Å². The van der Waals surface area contributed by atoms with E-state index in [1.54, 1.807) is 30.6 Å². The Kier molecular flexibility index (Phi) is 4.34.